The molecule has 0 aliphatic carbocycles. The van der Waals surface area contributed by atoms with Gasteiger partial charge in [0.1, 0.15) is 11.6 Å². The second-order valence-corrected chi connectivity index (χ2v) is 4.87. The van der Waals surface area contributed by atoms with Crippen molar-refractivity contribution < 1.29 is 18.3 Å². The monoisotopic (exact) mass is 291 g/mol. The molecule has 2 aromatic rings. The van der Waals surface area contributed by atoms with E-state index in [0.29, 0.717) is 17.9 Å². The molecule has 0 aliphatic rings. The molecule has 0 spiro atoms. The maximum atomic E-state index is 13.5. The van der Waals surface area contributed by atoms with E-state index in [4.69, 9.17) is 4.42 Å². The van der Waals surface area contributed by atoms with Gasteiger partial charge in [0, 0.05) is 6.04 Å². The van der Waals surface area contributed by atoms with Crippen molar-refractivity contribution in [1.82, 2.24) is 5.32 Å². The van der Waals surface area contributed by atoms with Crippen LogP contribution in [0.25, 0.3) is 0 Å². The molecule has 2 rings (SSSR count). The van der Waals surface area contributed by atoms with Crippen molar-refractivity contribution in [2.24, 2.45) is 0 Å². The third-order valence-electron chi connectivity index (χ3n) is 3.33. The van der Waals surface area contributed by atoms with Crippen LogP contribution < -0.4 is 5.32 Å². The summed E-state index contributed by atoms with van der Waals surface area (Å²) in [5.74, 6) is 0.0696. The van der Waals surface area contributed by atoms with Crippen molar-refractivity contribution in [1.29, 1.82) is 0 Å². The number of carbonyl (C=O) groups is 1. The smallest absolute Gasteiger partial charge is 0.373 e. The summed E-state index contributed by atoms with van der Waals surface area (Å²) in [4.78, 5) is 11.3. The standard InChI is InChI=1S/C16H18FNO3/c1-10-4-5-12(8-14(10)17)11(2)18-9-13-6-7-15(21-13)16(19)20-3/h4-8,11,18H,9H2,1-3H3. The minimum atomic E-state index is -0.505. The molecule has 0 bridgehead atoms. The Morgan fingerprint density at radius 2 is 2.14 bits per heavy atom. The Kier molecular flexibility index (Phi) is 4.75. The molecule has 0 fully saturated rings. The molecule has 21 heavy (non-hydrogen) atoms. The quantitative estimate of drug-likeness (QED) is 0.858. The van der Waals surface area contributed by atoms with Crippen LogP contribution in [-0.2, 0) is 11.3 Å². The zero-order valence-corrected chi connectivity index (χ0v) is 12.3. The third-order valence-corrected chi connectivity index (χ3v) is 3.33. The van der Waals surface area contributed by atoms with E-state index in [1.165, 1.54) is 13.2 Å². The molecular weight excluding hydrogens is 273 g/mol. The van der Waals surface area contributed by atoms with E-state index in [1.807, 2.05) is 13.0 Å². The van der Waals surface area contributed by atoms with Crippen LogP contribution in [0, 0.1) is 12.7 Å². The van der Waals surface area contributed by atoms with Crippen molar-refractivity contribution in [2.75, 3.05) is 7.11 Å². The molecule has 0 radical (unpaired) electrons. The summed E-state index contributed by atoms with van der Waals surface area (Å²) in [6, 6.07) is 8.41. The summed E-state index contributed by atoms with van der Waals surface area (Å²) in [7, 11) is 1.30. The number of aryl methyl sites for hydroxylation is 1. The zero-order chi connectivity index (χ0) is 15.4. The number of carbonyl (C=O) groups excluding carboxylic acids is 1. The van der Waals surface area contributed by atoms with Gasteiger partial charge in [0.2, 0.25) is 5.76 Å². The van der Waals surface area contributed by atoms with Gasteiger partial charge in [-0.1, -0.05) is 12.1 Å². The number of rotatable bonds is 5. The van der Waals surface area contributed by atoms with Gasteiger partial charge >= 0.3 is 5.97 Å². The SMILES string of the molecule is COC(=O)c1ccc(CNC(C)c2ccc(C)c(F)c2)o1. The minimum absolute atomic E-state index is 0.0354. The van der Waals surface area contributed by atoms with Crippen molar-refractivity contribution in [3.05, 3.63) is 58.8 Å². The predicted molar refractivity (Wildman–Crippen MR) is 76.4 cm³/mol. The van der Waals surface area contributed by atoms with Crippen LogP contribution in [0.15, 0.2) is 34.7 Å². The predicted octanol–water partition coefficient (Wildman–Crippen LogP) is 3.36. The minimum Gasteiger partial charge on any atom is -0.463 e. The first-order valence-electron chi connectivity index (χ1n) is 6.67. The maximum absolute atomic E-state index is 13.5. The lowest BCUT2D eigenvalue weighted by atomic mass is 10.1. The van der Waals surface area contributed by atoms with Crippen molar-refractivity contribution in [3.63, 3.8) is 0 Å². The summed E-state index contributed by atoms with van der Waals surface area (Å²) >= 11 is 0. The fourth-order valence-corrected chi connectivity index (χ4v) is 1.93. The highest BCUT2D eigenvalue weighted by molar-refractivity contribution is 5.86. The second-order valence-electron chi connectivity index (χ2n) is 4.87. The van der Waals surface area contributed by atoms with Gasteiger partial charge in [0.05, 0.1) is 13.7 Å². The normalized spacial score (nSPS) is 12.2. The van der Waals surface area contributed by atoms with E-state index >= 15 is 0 Å². The van der Waals surface area contributed by atoms with Crippen LogP contribution in [-0.4, -0.2) is 13.1 Å². The van der Waals surface area contributed by atoms with Crippen molar-refractivity contribution in [3.8, 4) is 0 Å². The van der Waals surface area contributed by atoms with Gasteiger partial charge in [-0.3, -0.25) is 0 Å². The number of nitrogens with one attached hydrogen (secondary N) is 1. The Morgan fingerprint density at radius 1 is 1.38 bits per heavy atom. The molecule has 1 aromatic heterocycles. The van der Waals surface area contributed by atoms with Gasteiger partial charge in [-0.05, 0) is 43.2 Å². The largest absolute Gasteiger partial charge is 0.463 e. The molecule has 1 unspecified atom stereocenters. The number of ether oxygens (including phenoxy) is 1. The van der Waals surface area contributed by atoms with E-state index in [1.54, 1.807) is 25.1 Å². The third kappa shape index (κ3) is 3.70. The Balaban J connectivity index is 1.97. The maximum Gasteiger partial charge on any atom is 0.373 e. The molecular formula is C16H18FNO3. The van der Waals surface area contributed by atoms with E-state index in [-0.39, 0.29) is 17.6 Å². The summed E-state index contributed by atoms with van der Waals surface area (Å²) in [6.45, 7) is 4.11. The summed E-state index contributed by atoms with van der Waals surface area (Å²) in [6.07, 6.45) is 0. The molecule has 1 N–H and O–H groups in total. The Bertz CT molecular complexity index is 636. The first-order valence-corrected chi connectivity index (χ1v) is 6.67. The van der Waals surface area contributed by atoms with E-state index < -0.39 is 5.97 Å². The lowest BCUT2D eigenvalue weighted by Crippen LogP contribution is -2.18. The van der Waals surface area contributed by atoms with Gasteiger partial charge in [-0.15, -0.1) is 0 Å². The number of methoxy groups -OCH3 is 1. The Hall–Kier alpha value is -2.14. The number of hydrogen-bond donors (Lipinski definition) is 1. The molecule has 1 heterocycles. The number of hydrogen-bond acceptors (Lipinski definition) is 4. The first kappa shape index (κ1) is 15.3. The van der Waals surface area contributed by atoms with Gasteiger partial charge in [-0.25, -0.2) is 9.18 Å². The average molecular weight is 291 g/mol. The Labute approximate surface area is 122 Å². The lowest BCUT2D eigenvalue weighted by molar-refractivity contribution is 0.0563. The molecule has 112 valence electrons. The van der Waals surface area contributed by atoms with Crippen LogP contribution in [0.3, 0.4) is 0 Å². The lowest BCUT2D eigenvalue weighted by Gasteiger charge is -2.14. The van der Waals surface area contributed by atoms with Crippen molar-refractivity contribution in [2.45, 2.75) is 26.4 Å². The van der Waals surface area contributed by atoms with E-state index in [0.717, 1.165) is 5.56 Å². The second kappa shape index (κ2) is 6.54. The first-order chi connectivity index (χ1) is 10.0. The van der Waals surface area contributed by atoms with Gasteiger partial charge in [-0.2, -0.15) is 0 Å². The van der Waals surface area contributed by atoms with E-state index in [9.17, 15) is 9.18 Å². The zero-order valence-electron chi connectivity index (χ0n) is 12.3. The topological polar surface area (TPSA) is 51.5 Å². The fraction of sp³-hybridized carbons (Fsp3) is 0.312. The highest BCUT2D eigenvalue weighted by atomic mass is 19.1. The van der Waals surface area contributed by atoms with Crippen LogP contribution in [0.4, 0.5) is 4.39 Å². The van der Waals surface area contributed by atoms with Gasteiger partial charge < -0.3 is 14.5 Å². The van der Waals surface area contributed by atoms with E-state index in [2.05, 4.69) is 10.1 Å². The number of benzene rings is 1. The number of esters is 1. The molecule has 1 atom stereocenters. The summed E-state index contributed by atoms with van der Waals surface area (Å²) < 4.78 is 23.5. The highest BCUT2D eigenvalue weighted by Crippen LogP contribution is 2.17. The average Bonchev–Trinajstić information content (AvgIpc) is 2.95. The molecule has 5 heteroatoms. The Morgan fingerprint density at radius 3 is 2.81 bits per heavy atom. The molecule has 0 saturated carbocycles. The van der Waals surface area contributed by atoms with Crippen LogP contribution in [0.5, 0.6) is 0 Å². The van der Waals surface area contributed by atoms with Crippen LogP contribution >= 0.6 is 0 Å². The molecule has 0 saturated heterocycles. The summed E-state index contributed by atoms with van der Waals surface area (Å²) in [5.41, 5.74) is 1.48. The molecule has 0 aliphatic heterocycles. The highest BCUT2D eigenvalue weighted by Gasteiger charge is 2.12. The van der Waals surface area contributed by atoms with Gasteiger partial charge in [0.25, 0.3) is 0 Å². The number of furan rings is 1. The molecule has 4 nitrogen and oxygen atoms in total. The molecule has 1 aromatic carbocycles. The van der Waals surface area contributed by atoms with Gasteiger partial charge in [0.15, 0.2) is 0 Å². The van der Waals surface area contributed by atoms with Crippen molar-refractivity contribution >= 4 is 5.97 Å². The van der Waals surface area contributed by atoms with Crippen LogP contribution in [0.1, 0.15) is 40.4 Å². The summed E-state index contributed by atoms with van der Waals surface area (Å²) in [5, 5.41) is 3.22. The number of halogens is 1. The van der Waals surface area contributed by atoms with Crippen LogP contribution in [0.2, 0.25) is 0 Å². The molecule has 0 amide bonds. The fourth-order valence-electron chi connectivity index (χ4n) is 1.93.